The summed E-state index contributed by atoms with van der Waals surface area (Å²) in [4.78, 5) is 2.40. The molecule has 0 aliphatic heterocycles. The van der Waals surface area contributed by atoms with Gasteiger partial charge >= 0.3 is 0 Å². The Morgan fingerprint density at radius 2 is 2.47 bits per heavy atom. The molecule has 0 saturated heterocycles. The zero-order valence-electron chi connectivity index (χ0n) is 9.35. The molecule has 0 N–H and O–H groups in total. The molecular weight excluding hydrogens is 208 g/mol. The number of hydrogen-bond donors (Lipinski definition) is 0. The van der Waals surface area contributed by atoms with Gasteiger partial charge in [0.15, 0.2) is 5.76 Å². The minimum atomic E-state index is 0.699. The molecule has 4 heteroatoms. The highest BCUT2D eigenvalue weighted by Crippen LogP contribution is 2.32. The monoisotopic (exact) mass is 226 g/mol. The standard InChI is InChI=1S/C11H18N2OS/c1-13(8-9-6-7-12-14-9)10-4-3-5-11(10)15-2/h6-7,10-11H,3-5,8H2,1-2H3/t10-,11-/m1/s1. The van der Waals surface area contributed by atoms with Crippen molar-refractivity contribution >= 4 is 11.8 Å². The highest BCUT2D eigenvalue weighted by atomic mass is 32.2. The Labute approximate surface area is 95.2 Å². The topological polar surface area (TPSA) is 29.3 Å². The predicted molar refractivity (Wildman–Crippen MR) is 62.9 cm³/mol. The maximum Gasteiger partial charge on any atom is 0.150 e. The lowest BCUT2D eigenvalue weighted by atomic mass is 10.2. The number of nitrogens with zero attached hydrogens (tertiary/aromatic N) is 2. The molecule has 0 amide bonds. The number of hydrogen-bond acceptors (Lipinski definition) is 4. The van der Waals surface area contributed by atoms with E-state index in [9.17, 15) is 0 Å². The van der Waals surface area contributed by atoms with E-state index in [2.05, 4.69) is 23.4 Å². The lowest BCUT2D eigenvalue weighted by Crippen LogP contribution is -2.35. The number of aromatic nitrogens is 1. The Morgan fingerprint density at radius 1 is 1.60 bits per heavy atom. The third-order valence-corrected chi connectivity index (χ3v) is 4.34. The van der Waals surface area contributed by atoms with Gasteiger partial charge in [0.1, 0.15) is 0 Å². The quantitative estimate of drug-likeness (QED) is 0.788. The second kappa shape index (κ2) is 5.03. The van der Waals surface area contributed by atoms with Crippen molar-refractivity contribution in [2.45, 2.75) is 37.1 Å². The van der Waals surface area contributed by atoms with Crippen LogP contribution in [-0.2, 0) is 6.54 Å². The maximum absolute atomic E-state index is 5.13. The normalized spacial score (nSPS) is 26.3. The molecule has 3 nitrogen and oxygen atoms in total. The van der Waals surface area contributed by atoms with Crippen LogP contribution in [0.25, 0.3) is 0 Å². The van der Waals surface area contributed by atoms with Gasteiger partial charge in [0.05, 0.1) is 12.7 Å². The van der Waals surface area contributed by atoms with Crippen LogP contribution in [0.4, 0.5) is 0 Å². The Morgan fingerprint density at radius 3 is 3.13 bits per heavy atom. The summed E-state index contributed by atoms with van der Waals surface area (Å²) in [6.07, 6.45) is 7.95. The van der Waals surface area contributed by atoms with Crippen molar-refractivity contribution in [1.82, 2.24) is 10.1 Å². The average Bonchev–Trinajstić information content (AvgIpc) is 2.86. The van der Waals surface area contributed by atoms with E-state index in [-0.39, 0.29) is 0 Å². The van der Waals surface area contributed by atoms with Crippen LogP contribution in [0, 0.1) is 0 Å². The van der Waals surface area contributed by atoms with Crippen molar-refractivity contribution in [3.63, 3.8) is 0 Å². The van der Waals surface area contributed by atoms with Gasteiger partial charge in [-0.3, -0.25) is 4.90 Å². The van der Waals surface area contributed by atoms with Gasteiger partial charge < -0.3 is 4.52 Å². The highest BCUT2D eigenvalue weighted by Gasteiger charge is 2.29. The summed E-state index contributed by atoms with van der Waals surface area (Å²) in [5, 5.41) is 4.52. The van der Waals surface area contributed by atoms with Crippen molar-refractivity contribution in [2.24, 2.45) is 0 Å². The Balaban J connectivity index is 1.92. The lowest BCUT2D eigenvalue weighted by molar-refractivity contribution is 0.213. The van der Waals surface area contributed by atoms with E-state index in [1.165, 1.54) is 19.3 Å². The summed E-state index contributed by atoms with van der Waals surface area (Å²) in [7, 11) is 2.18. The van der Waals surface area contributed by atoms with Crippen LogP contribution in [0.2, 0.25) is 0 Å². The molecule has 0 radical (unpaired) electrons. The molecular formula is C11H18N2OS. The molecule has 84 valence electrons. The van der Waals surface area contributed by atoms with Crippen LogP contribution in [0.5, 0.6) is 0 Å². The summed E-state index contributed by atoms with van der Waals surface area (Å²) in [5.74, 6) is 0.962. The Hall–Kier alpha value is -0.480. The molecule has 15 heavy (non-hydrogen) atoms. The van der Waals surface area contributed by atoms with Crippen LogP contribution < -0.4 is 0 Å². The zero-order chi connectivity index (χ0) is 10.7. The van der Waals surface area contributed by atoms with E-state index >= 15 is 0 Å². The van der Waals surface area contributed by atoms with E-state index in [1.54, 1.807) is 6.20 Å². The molecule has 1 saturated carbocycles. The summed E-state index contributed by atoms with van der Waals surface area (Å²) >= 11 is 1.99. The summed E-state index contributed by atoms with van der Waals surface area (Å²) < 4.78 is 5.13. The average molecular weight is 226 g/mol. The molecule has 0 bridgehead atoms. The van der Waals surface area contributed by atoms with Crippen LogP contribution in [0.15, 0.2) is 16.8 Å². The molecule has 1 fully saturated rings. The minimum absolute atomic E-state index is 0.699. The van der Waals surface area contributed by atoms with E-state index in [0.717, 1.165) is 17.6 Å². The molecule has 0 aromatic carbocycles. The van der Waals surface area contributed by atoms with Crippen LogP contribution in [0.1, 0.15) is 25.0 Å². The highest BCUT2D eigenvalue weighted by molar-refractivity contribution is 7.99. The molecule has 1 aromatic rings. The first kappa shape index (κ1) is 11.0. The van der Waals surface area contributed by atoms with Crippen molar-refractivity contribution < 1.29 is 4.52 Å². The summed E-state index contributed by atoms with van der Waals surface area (Å²) in [6.45, 7) is 0.877. The lowest BCUT2D eigenvalue weighted by Gasteiger charge is -2.27. The summed E-state index contributed by atoms with van der Waals surface area (Å²) in [6, 6.07) is 2.64. The minimum Gasteiger partial charge on any atom is -0.360 e. The van der Waals surface area contributed by atoms with Crippen molar-refractivity contribution in [2.75, 3.05) is 13.3 Å². The van der Waals surface area contributed by atoms with Crippen LogP contribution in [-0.4, -0.2) is 34.7 Å². The zero-order valence-corrected chi connectivity index (χ0v) is 10.2. The second-order valence-corrected chi connectivity index (χ2v) is 5.24. The first-order chi connectivity index (χ1) is 7.31. The van der Waals surface area contributed by atoms with Crippen LogP contribution >= 0.6 is 11.8 Å². The number of rotatable bonds is 4. The van der Waals surface area contributed by atoms with Crippen molar-refractivity contribution in [1.29, 1.82) is 0 Å². The SMILES string of the molecule is CS[C@@H]1CCC[C@H]1N(C)Cc1ccno1. The molecule has 0 unspecified atom stereocenters. The van der Waals surface area contributed by atoms with E-state index in [1.807, 2.05) is 17.8 Å². The van der Waals surface area contributed by atoms with E-state index in [4.69, 9.17) is 4.52 Å². The fraction of sp³-hybridized carbons (Fsp3) is 0.727. The molecule has 0 spiro atoms. The van der Waals surface area contributed by atoms with Gasteiger partial charge in [0, 0.05) is 17.4 Å². The summed E-state index contributed by atoms with van der Waals surface area (Å²) in [5.41, 5.74) is 0. The Bertz CT molecular complexity index is 289. The largest absolute Gasteiger partial charge is 0.360 e. The smallest absolute Gasteiger partial charge is 0.150 e. The number of thioether (sulfide) groups is 1. The van der Waals surface area contributed by atoms with Gasteiger partial charge in [-0.1, -0.05) is 11.6 Å². The van der Waals surface area contributed by atoms with Gasteiger partial charge in [0.2, 0.25) is 0 Å². The van der Waals surface area contributed by atoms with Gasteiger partial charge in [-0.25, -0.2) is 0 Å². The molecule has 1 aliphatic rings. The maximum atomic E-state index is 5.13. The molecule has 1 aliphatic carbocycles. The fourth-order valence-electron chi connectivity index (χ4n) is 2.37. The third-order valence-electron chi connectivity index (χ3n) is 3.18. The molecule has 1 aromatic heterocycles. The van der Waals surface area contributed by atoms with Gasteiger partial charge in [0.25, 0.3) is 0 Å². The first-order valence-electron chi connectivity index (χ1n) is 5.44. The van der Waals surface area contributed by atoms with E-state index < -0.39 is 0 Å². The fourth-order valence-corrected chi connectivity index (χ4v) is 3.43. The van der Waals surface area contributed by atoms with Gasteiger partial charge in [-0.05, 0) is 26.1 Å². The Kier molecular flexibility index (Phi) is 3.70. The van der Waals surface area contributed by atoms with E-state index in [0.29, 0.717) is 6.04 Å². The second-order valence-electron chi connectivity index (χ2n) is 4.17. The van der Waals surface area contributed by atoms with Crippen molar-refractivity contribution in [3.8, 4) is 0 Å². The van der Waals surface area contributed by atoms with Gasteiger partial charge in [-0.15, -0.1) is 0 Å². The third kappa shape index (κ3) is 2.55. The first-order valence-corrected chi connectivity index (χ1v) is 6.72. The van der Waals surface area contributed by atoms with Gasteiger partial charge in [-0.2, -0.15) is 11.8 Å². The predicted octanol–water partition coefficient (Wildman–Crippen LogP) is 2.39. The molecule has 2 atom stereocenters. The van der Waals surface area contributed by atoms with Crippen LogP contribution in [0.3, 0.4) is 0 Å². The van der Waals surface area contributed by atoms with Crippen molar-refractivity contribution in [3.05, 3.63) is 18.0 Å². The molecule has 1 heterocycles. The molecule has 2 rings (SSSR count).